The van der Waals surface area contributed by atoms with E-state index in [1.807, 2.05) is 0 Å². The van der Waals surface area contributed by atoms with Crippen LogP contribution in [-0.4, -0.2) is 90.7 Å². The summed E-state index contributed by atoms with van der Waals surface area (Å²) in [5.74, 6) is 0.835. The average molecular weight is 637 g/mol. The number of hydrogen-bond donors (Lipinski definition) is 7. The van der Waals surface area contributed by atoms with E-state index in [1.54, 1.807) is 13.8 Å². The highest BCUT2D eigenvalue weighted by atomic mass is 16.5. The van der Waals surface area contributed by atoms with Gasteiger partial charge in [-0.15, -0.1) is 0 Å². The maximum absolute atomic E-state index is 12.3. The molecule has 0 aromatic carbocycles. The third-order valence-electron chi connectivity index (χ3n) is 15.0. The summed E-state index contributed by atoms with van der Waals surface area (Å²) >= 11 is 0. The summed E-state index contributed by atoms with van der Waals surface area (Å²) in [5.41, 5.74) is -0.358. The topological polar surface area (TPSA) is 151 Å². The molecular weight excluding hydrogens is 572 g/mol. The van der Waals surface area contributed by atoms with Crippen LogP contribution in [0.25, 0.3) is 0 Å². The second-order valence-corrected chi connectivity index (χ2v) is 17.9. The molecule has 5 rings (SSSR count). The molecule has 4 saturated carbocycles. The number of aliphatic hydroxyl groups excluding tert-OH is 6. The summed E-state index contributed by atoms with van der Waals surface area (Å²) in [6, 6.07) is 0. The Hall–Kier alpha value is -0.580. The van der Waals surface area contributed by atoms with Gasteiger partial charge in [-0.25, -0.2) is 0 Å². The highest BCUT2D eigenvalue weighted by Crippen LogP contribution is 2.75. The number of aliphatic hydroxyl groups is 7. The van der Waals surface area contributed by atoms with Crippen LogP contribution in [-0.2, 0) is 4.74 Å². The number of rotatable bonds is 8. The van der Waals surface area contributed by atoms with Crippen molar-refractivity contribution in [1.29, 1.82) is 0 Å². The molecule has 0 saturated heterocycles. The van der Waals surface area contributed by atoms with Gasteiger partial charge < -0.3 is 40.5 Å². The van der Waals surface area contributed by atoms with Gasteiger partial charge in [0.25, 0.3) is 0 Å². The van der Waals surface area contributed by atoms with Crippen LogP contribution in [0.3, 0.4) is 0 Å². The van der Waals surface area contributed by atoms with Gasteiger partial charge in [0.05, 0.1) is 36.1 Å². The molecule has 1 unspecified atom stereocenters. The van der Waals surface area contributed by atoms with Crippen LogP contribution >= 0.6 is 0 Å². The predicted octanol–water partition coefficient (Wildman–Crippen LogP) is 3.96. The Kier molecular flexibility index (Phi) is 9.59. The van der Waals surface area contributed by atoms with Gasteiger partial charge in [0.2, 0.25) is 0 Å². The van der Waals surface area contributed by atoms with Gasteiger partial charge in [-0.1, -0.05) is 53.2 Å². The molecule has 8 nitrogen and oxygen atoms in total. The van der Waals surface area contributed by atoms with Crippen molar-refractivity contribution < 1.29 is 40.5 Å². The Morgan fingerprint density at radius 2 is 1.60 bits per heavy atom. The van der Waals surface area contributed by atoms with Gasteiger partial charge in [0.15, 0.2) is 0 Å². The number of allylic oxidation sites excluding steroid dienone is 1. The van der Waals surface area contributed by atoms with Gasteiger partial charge in [-0.05, 0) is 106 Å². The van der Waals surface area contributed by atoms with E-state index in [1.165, 1.54) is 5.57 Å². The first-order chi connectivity index (χ1) is 20.7. The second-order valence-electron chi connectivity index (χ2n) is 17.9. The molecule has 260 valence electrons. The summed E-state index contributed by atoms with van der Waals surface area (Å²) in [7, 11) is 0. The van der Waals surface area contributed by atoms with Gasteiger partial charge in [-0.3, -0.25) is 0 Å². The number of ether oxygens (including phenoxy) is 1. The first-order valence-corrected chi connectivity index (χ1v) is 17.8. The fraction of sp³-hybridized carbons (Fsp3) is 0.946. The lowest BCUT2D eigenvalue weighted by Gasteiger charge is -2.67. The van der Waals surface area contributed by atoms with E-state index >= 15 is 0 Å². The zero-order chi connectivity index (χ0) is 33.5. The SMILES string of the molecule is C[C@H](CC[C@@H](O)C(C)(C)O)[C@H]1CC[C@@]2(C)[C@H]3CC=C4[C@@H](CC[C@H](O[C@@H]5C[C@H](CO)[C@@H](O)[C@H](O)[C@H]5O)C4(C)C)[C@]3(C)C(O)C[C@]12C. The molecule has 0 aliphatic heterocycles. The van der Waals surface area contributed by atoms with Crippen LogP contribution in [0.15, 0.2) is 11.6 Å². The maximum Gasteiger partial charge on any atom is 0.109 e. The van der Waals surface area contributed by atoms with Crippen molar-refractivity contribution >= 4 is 0 Å². The summed E-state index contributed by atoms with van der Waals surface area (Å²) in [5, 5.41) is 74.4. The fourth-order valence-electron chi connectivity index (χ4n) is 11.7. The van der Waals surface area contributed by atoms with Gasteiger partial charge >= 0.3 is 0 Å². The zero-order valence-corrected chi connectivity index (χ0v) is 29.1. The minimum absolute atomic E-state index is 0.0252. The molecule has 0 aromatic heterocycles. The Labute approximate surface area is 271 Å². The third-order valence-corrected chi connectivity index (χ3v) is 15.0. The molecule has 7 N–H and O–H groups in total. The van der Waals surface area contributed by atoms with Crippen LogP contribution in [0.5, 0.6) is 0 Å². The van der Waals surface area contributed by atoms with Crippen molar-refractivity contribution in [2.45, 2.75) is 162 Å². The van der Waals surface area contributed by atoms with E-state index in [-0.39, 0.29) is 46.7 Å². The zero-order valence-electron chi connectivity index (χ0n) is 29.1. The highest BCUT2D eigenvalue weighted by molar-refractivity contribution is 5.32. The van der Waals surface area contributed by atoms with Gasteiger partial charge in [0.1, 0.15) is 12.2 Å². The second kappa shape index (κ2) is 12.1. The van der Waals surface area contributed by atoms with Crippen molar-refractivity contribution in [3.8, 4) is 0 Å². The summed E-state index contributed by atoms with van der Waals surface area (Å²) in [6.07, 6.45) is 3.92. The third kappa shape index (κ3) is 5.50. The Morgan fingerprint density at radius 1 is 0.933 bits per heavy atom. The van der Waals surface area contributed by atoms with Crippen molar-refractivity contribution in [2.24, 2.45) is 51.2 Å². The van der Waals surface area contributed by atoms with Crippen molar-refractivity contribution in [3.63, 3.8) is 0 Å². The molecule has 0 amide bonds. The van der Waals surface area contributed by atoms with Crippen LogP contribution in [0, 0.1) is 51.2 Å². The minimum atomic E-state index is -1.36. The maximum atomic E-state index is 12.3. The Morgan fingerprint density at radius 3 is 2.22 bits per heavy atom. The lowest BCUT2D eigenvalue weighted by Crippen LogP contribution is -2.64. The predicted molar refractivity (Wildman–Crippen MR) is 173 cm³/mol. The van der Waals surface area contributed by atoms with E-state index in [0.717, 1.165) is 44.9 Å². The normalized spacial score (nSPS) is 49.4. The van der Waals surface area contributed by atoms with Crippen molar-refractivity contribution in [1.82, 2.24) is 0 Å². The van der Waals surface area contributed by atoms with Crippen molar-refractivity contribution in [3.05, 3.63) is 11.6 Å². The average Bonchev–Trinajstić information content (AvgIpc) is 3.23. The van der Waals surface area contributed by atoms with E-state index in [4.69, 9.17) is 4.74 Å². The summed E-state index contributed by atoms with van der Waals surface area (Å²) in [6.45, 7) is 17.0. The molecular formula is C37H64O8. The highest BCUT2D eigenvalue weighted by Gasteiger charge is 2.70. The molecule has 5 aliphatic carbocycles. The van der Waals surface area contributed by atoms with Crippen LogP contribution in [0.4, 0.5) is 0 Å². The number of hydrogen-bond acceptors (Lipinski definition) is 8. The van der Waals surface area contributed by atoms with Crippen LogP contribution in [0.2, 0.25) is 0 Å². The van der Waals surface area contributed by atoms with Gasteiger partial charge in [-0.2, -0.15) is 0 Å². The lowest BCUT2D eigenvalue weighted by atomic mass is 9.38. The molecule has 5 aliphatic rings. The fourth-order valence-corrected chi connectivity index (χ4v) is 11.7. The van der Waals surface area contributed by atoms with Crippen LogP contribution < -0.4 is 0 Å². The van der Waals surface area contributed by atoms with E-state index in [2.05, 4.69) is 47.6 Å². The Bertz CT molecular complexity index is 1100. The quantitative estimate of drug-likeness (QED) is 0.198. The molecule has 0 radical (unpaired) electrons. The lowest BCUT2D eigenvalue weighted by molar-refractivity contribution is -0.220. The molecule has 0 aromatic rings. The molecule has 15 atom stereocenters. The molecule has 4 fully saturated rings. The molecule has 45 heavy (non-hydrogen) atoms. The first-order valence-electron chi connectivity index (χ1n) is 17.8. The van der Waals surface area contributed by atoms with Crippen LogP contribution in [0.1, 0.15) is 113 Å². The van der Waals surface area contributed by atoms with Gasteiger partial charge in [0, 0.05) is 23.4 Å². The summed E-state index contributed by atoms with van der Waals surface area (Å²) < 4.78 is 6.59. The summed E-state index contributed by atoms with van der Waals surface area (Å²) in [4.78, 5) is 0. The minimum Gasteiger partial charge on any atom is -0.396 e. The van der Waals surface area contributed by atoms with E-state index in [0.29, 0.717) is 24.2 Å². The number of fused-ring (bicyclic) bond motifs is 5. The monoisotopic (exact) mass is 636 g/mol. The molecule has 0 bridgehead atoms. The van der Waals surface area contributed by atoms with E-state index in [9.17, 15) is 35.7 Å². The standard InChI is InChI=1S/C37H64O8/c1-20(9-13-27(39)34(4,5)44)22-15-16-35(6)26-12-10-23-24(37(26,8)28(40)18-36(22,35)7)11-14-29(33(23,2)3)45-25-17-21(19-38)30(41)32(43)31(25)42/h10,20-22,24-32,38-44H,9,11-19H2,1-8H3/t20-,21-,22-,24-,25-,26-,27-,28?,29+,30-,31+,32+,35+,36-,37+/m1/s1. The van der Waals surface area contributed by atoms with Crippen molar-refractivity contribution in [2.75, 3.05) is 6.61 Å². The Balaban J connectivity index is 1.37. The molecule has 0 heterocycles. The smallest absolute Gasteiger partial charge is 0.109 e. The largest absolute Gasteiger partial charge is 0.396 e. The molecule has 8 heteroatoms. The van der Waals surface area contributed by atoms with E-state index < -0.39 is 48.1 Å². The first kappa shape index (κ1) is 35.7. The molecule has 0 spiro atoms.